The average Bonchev–Trinajstić information content (AvgIpc) is 2.21. The molecule has 0 aromatic heterocycles. The van der Waals surface area contributed by atoms with Crippen LogP contribution >= 0.6 is 0 Å². The number of likely N-dealkylation sites (tertiary alicyclic amines) is 1. The van der Waals surface area contributed by atoms with Gasteiger partial charge >= 0.3 is 6.61 Å². The molecule has 2 aliphatic rings. The number of hydrogen-bond donors (Lipinski definition) is 0. The SMILES string of the molecule is CC1CC(C(=O)N2CC(OC(F)F)C2)CCO1. The summed E-state index contributed by atoms with van der Waals surface area (Å²) in [6, 6.07) is 0. The van der Waals surface area contributed by atoms with E-state index in [1.54, 1.807) is 4.90 Å². The van der Waals surface area contributed by atoms with Crippen LogP contribution in [0.25, 0.3) is 0 Å². The van der Waals surface area contributed by atoms with Gasteiger partial charge in [0.15, 0.2) is 0 Å². The fourth-order valence-corrected chi connectivity index (χ4v) is 2.33. The lowest BCUT2D eigenvalue weighted by Gasteiger charge is -2.41. The largest absolute Gasteiger partial charge is 0.378 e. The van der Waals surface area contributed by atoms with Crippen LogP contribution in [0.2, 0.25) is 0 Å². The van der Waals surface area contributed by atoms with Crippen LogP contribution in [0, 0.1) is 5.92 Å². The first kappa shape index (κ1) is 12.7. The minimum absolute atomic E-state index is 0.0220. The van der Waals surface area contributed by atoms with Gasteiger partial charge in [0.2, 0.25) is 5.91 Å². The lowest BCUT2D eigenvalue weighted by atomic mass is 9.93. The highest BCUT2D eigenvalue weighted by atomic mass is 19.3. The fraction of sp³-hybridized carbons (Fsp3) is 0.909. The zero-order chi connectivity index (χ0) is 12.4. The summed E-state index contributed by atoms with van der Waals surface area (Å²) in [6.07, 6.45) is 1.04. The number of halogens is 2. The molecular formula is C11H17F2NO3. The van der Waals surface area contributed by atoms with Crippen molar-refractivity contribution in [3.05, 3.63) is 0 Å². The smallest absolute Gasteiger partial charge is 0.345 e. The van der Waals surface area contributed by atoms with E-state index >= 15 is 0 Å². The van der Waals surface area contributed by atoms with Crippen LogP contribution in [0.5, 0.6) is 0 Å². The van der Waals surface area contributed by atoms with Gasteiger partial charge in [-0.2, -0.15) is 8.78 Å². The van der Waals surface area contributed by atoms with Gasteiger partial charge < -0.3 is 14.4 Å². The number of rotatable bonds is 3. The predicted octanol–water partition coefficient (Wildman–Crippen LogP) is 1.25. The van der Waals surface area contributed by atoms with Crippen molar-refractivity contribution in [3.63, 3.8) is 0 Å². The Kier molecular flexibility index (Phi) is 3.93. The van der Waals surface area contributed by atoms with Crippen LogP contribution in [0.1, 0.15) is 19.8 Å². The van der Waals surface area contributed by atoms with Crippen LogP contribution in [0.15, 0.2) is 0 Å². The maximum Gasteiger partial charge on any atom is 0.345 e. The second kappa shape index (κ2) is 5.27. The minimum atomic E-state index is -2.75. The molecule has 0 spiro atoms. The van der Waals surface area contributed by atoms with E-state index in [2.05, 4.69) is 4.74 Å². The Morgan fingerprint density at radius 3 is 2.76 bits per heavy atom. The van der Waals surface area contributed by atoms with E-state index in [4.69, 9.17) is 4.74 Å². The van der Waals surface area contributed by atoms with E-state index in [-0.39, 0.29) is 31.0 Å². The van der Waals surface area contributed by atoms with Crippen molar-refractivity contribution in [2.45, 2.75) is 38.6 Å². The Bertz CT molecular complexity index is 282. The molecule has 1 amide bonds. The van der Waals surface area contributed by atoms with Crippen molar-refractivity contribution >= 4 is 5.91 Å². The zero-order valence-corrected chi connectivity index (χ0v) is 9.77. The maximum atomic E-state index is 12.0. The first-order chi connectivity index (χ1) is 8.06. The monoisotopic (exact) mass is 249 g/mol. The molecule has 2 unspecified atom stereocenters. The van der Waals surface area contributed by atoms with Crippen molar-refractivity contribution < 1.29 is 23.0 Å². The molecule has 0 bridgehead atoms. The van der Waals surface area contributed by atoms with Crippen molar-refractivity contribution in [3.8, 4) is 0 Å². The molecule has 4 nitrogen and oxygen atoms in total. The number of carbonyl (C=O) groups is 1. The molecule has 0 aromatic carbocycles. The highest BCUT2D eigenvalue weighted by Gasteiger charge is 2.37. The van der Waals surface area contributed by atoms with Crippen molar-refractivity contribution in [1.82, 2.24) is 4.90 Å². The maximum absolute atomic E-state index is 12.0. The third kappa shape index (κ3) is 3.13. The topological polar surface area (TPSA) is 38.8 Å². The van der Waals surface area contributed by atoms with E-state index in [0.29, 0.717) is 6.61 Å². The molecule has 17 heavy (non-hydrogen) atoms. The van der Waals surface area contributed by atoms with Gasteiger partial charge in [0.1, 0.15) is 0 Å². The van der Waals surface area contributed by atoms with Gasteiger partial charge in [0.25, 0.3) is 0 Å². The molecule has 0 aromatic rings. The Balaban J connectivity index is 1.75. The van der Waals surface area contributed by atoms with E-state index in [1.807, 2.05) is 6.92 Å². The molecule has 0 aliphatic carbocycles. The van der Waals surface area contributed by atoms with Crippen molar-refractivity contribution in [2.75, 3.05) is 19.7 Å². The van der Waals surface area contributed by atoms with Crippen LogP contribution in [0.3, 0.4) is 0 Å². The predicted molar refractivity (Wildman–Crippen MR) is 55.6 cm³/mol. The third-order valence-electron chi connectivity index (χ3n) is 3.29. The molecule has 2 rings (SSSR count). The van der Waals surface area contributed by atoms with Gasteiger partial charge in [-0.1, -0.05) is 0 Å². The molecular weight excluding hydrogens is 232 g/mol. The van der Waals surface area contributed by atoms with Crippen molar-refractivity contribution in [1.29, 1.82) is 0 Å². The Labute approximate surface area is 98.9 Å². The molecule has 2 saturated heterocycles. The molecule has 2 aliphatic heterocycles. The normalized spacial score (nSPS) is 30.5. The second-order valence-corrected chi connectivity index (χ2v) is 4.66. The third-order valence-corrected chi connectivity index (χ3v) is 3.29. The lowest BCUT2D eigenvalue weighted by molar-refractivity contribution is -0.201. The summed E-state index contributed by atoms with van der Waals surface area (Å²) < 4.78 is 33.5. The van der Waals surface area contributed by atoms with Gasteiger partial charge in [-0.05, 0) is 19.8 Å². The van der Waals surface area contributed by atoms with Gasteiger partial charge in [0.05, 0.1) is 12.2 Å². The number of amides is 1. The number of hydrogen-bond acceptors (Lipinski definition) is 3. The summed E-state index contributed by atoms with van der Waals surface area (Å²) in [6.45, 7) is 0.366. The molecule has 2 fully saturated rings. The molecule has 6 heteroatoms. The first-order valence-electron chi connectivity index (χ1n) is 5.90. The Hall–Kier alpha value is -0.750. The molecule has 0 N–H and O–H groups in total. The van der Waals surface area contributed by atoms with Crippen LogP contribution in [-0.2, 0) is 14.3 Å². The standard InChI is InChI=1S/C11H17F2NO3/c1-7-4-8(2-3-16-7)10(15)14-5-9(6-14)17-11(12)13/h7-9,11H,2-6H2,1H3. The fourth-order valence-electron chi connectivity index (χ4n) is 2.33. The zero-order valence-electron chi connectivity index (χ0n) is 9.77. The van der Waals surface area contributed by atoms with E-state index in [1.165, 1.54) is 0 Å². The Morgan fingerprint density at radius 2 is 2.18 bits per heavy atom. The molecule has 98 valence electrons. The molecule has 2 heterocycles. The quantitative estimate of drug-likeness (QED) is 0.755. The van der Waals surface area contributed by atoms with Gasteiger partial charge in [-0.15, -0.1) is 0 Å². The number of alkyl halides is 2. The summed E-state index contributed by atoms with van der Waals surface area (Å²) in [4.78, 5) is 13.6. The van der Waals surface area contributed by atoms with E-state index in [0.717, 1.165) is 12.8 Å². The van der Waals surface area contributed by atoms with E-state index < -0.39 is 12.7 Å². The van der Waals surface area contributed by atoms with Crippen LogP contribution in [-0.4, -0.2) is 49.3 Å². The van der Waals surface area contributed by atoms with Crippen LogP contribution in [0.4, 0.5) is 8.78 Å². The number of carbonyl (C=O) groups excluding carboxylic acids is 1. The van der Waals surface area contributed by atoms with E-state index in [9.17, 15) is 13.6 Å². The highest BCUT2D eigenvalue weighted by molar-refractivity contribution is 5.79. The minimum Gasteiger partial charge on any atom is -0.378 e. The number of ether oxygens (including phenoxy) is 2. The molecule has 0 saturated carbocycles. The number of nitrogens with zero attached hydrogens (tertiary/aromatic N) is 1. The molecule has 0 radical (unpaired) electrons. The van der Waals surface area contributed by atoms with Gasteiger partial charge in [-0.3, -0.25) is 4.79 Å². The average molecular weight is 249 g/mol. The first-order valence-corrected chi connectivity index (χ1v) is 5.90. The molecule has 2 atom stereocenters. The lowest BCUT2D eigenvalue weighted by Crippen LogP contribution is -2.57. The summed E-state index contributed by atoms with van der Waals surface area (Å²) in [5.74, 6) is 0.0283. The summed E-state index contributed by atoms with van der Waals surface area (Å²) in [5, 5.41) is 0. The van der Waals surface area contributed by atoms with Gasteiger partial charge in [0, 0.05) is 25.6 Å². The van der Waals surface area contributed by atoms with Crippen LogP contribution < -0.4 is 0 Å². The summed E-state index contributed by atoms with van der Waals surface area (Å²) in [7, 11) is 0. The summed E-state index contributed by atoms with van der Waals surface area (Å²) in [5.41, 5.74) is 0. The Morgan fingerprint density at radius 1 is 1.47 bits per heavy atom. The highest BCUT2D eigenvalue weighted by Crippen LogP contribution is 2.25. The summed E-state index contributed by atoms with van der Waals surface area (Å²) >= 11 is 0. The van der Waals surface area contributed by atoms with Crippen molar-refractivity contribution in [2.24, 2.45) is 5.92 Å². The van der Waals surface area contributed by atoms with Gasteiger partial charge in [-0.25, -0.2) is 0 Å². The second-order valence-electron chi connectivity index (χ2n) is 4.66.